The SMILES string of the molecule is CC(c1ccc(F)cc1)N(C)C(=O)c1cccc(F)n1. The van der Waals surface area contributed by atoms with Crippen molar-refractivity contribution in [2.24, 2.45) is 0 Å². The highest BCUT2D eigenvalue weighted by molar-refractivity contribution is 5.92. The van der Waals surface area contributed by atoms with Gasteiger partial charge in [0.15, 0.2) is 0 Å². The molecule has 0 aliphatic carbocycles. The van der Waals surface area contributed by atoms with Crippen molar-refractivity contribution in [2.45, 2.75) is 13.0 Å². The van der Waals surface area contributed by atoms with Crippen LogP contribution in [0.3, 0.4) is 0 Å². The van der Waals surface area contributed by atoms with Gasteiger partial charge < -0.3 is 4.90 Å². The fourth-order valence-electron chi connectivity index (χ4n) is 1.85. The van der Waals surface area contributed by atoms with Crippen LogP contribution in [0, 0.1) is 11.8 Å². The number of carbonyl (C=O) groups is 1. The number of pyridine rings is 1. The lowest BCUT2D eigenvalue weighted by molar-refractivity contribution is 0.0735. The van der Waals surface area contributed by atoms with Crippen molar-refractivity contribution in [1.29, 1.82) is 0 Å². The second-order valence-electron chi connectivity index (χ2n) is 4.49. The molecule has 0 bridgehead atoms. The number of amides is 1. The van der Waals surface area contributed by atoms with Crippen LogP contribution in [0.2, 0.25) is 0 Å². The minimum Gasteiger partial charge on any atom is -0.334 e. The summed E-state index contributed by atoms with van der Waals surface area (Å²) in [4.78, 5) is 17.2. The van der Waals surface area contributed by atoms with Crippen LogP contribution >= 0.6 is 0 Å². The van der Waals surface area contributed by atoms with Crippen molar-refractivity contribution in [3.63, 3.8) is 0 Å². The lowest BCUT2D eigenvalue weighted by Crippen LogP contribution is -2.30. The third kappa shape index (κ3) is 2.99. The summed E-state index contributed by atoms with van der Waals surface area (Å²) in [7, 11) is 1.60. The van der Waals surface area contributed by atoms with E-state index in [1.165, 1.54) is 35.2 Å². The van der Waals surface area contributed by atoms with Gasteiger partial charge in [0.2, 0.25) is 5.95 Å². The smallest absolute Gasteiger partial charge is 0.272 e. The summed E-state index contributed by atoms with van der Waals surface area (Å²) in [6.07, 6.45) is 0. The number of hydrogen-bond acceptors (Lipinski definition) is 2. The average molecular weight is 276 g/mol. The molecule has 5 heteroatoms. The Morgan fingerprint density at radius 2 is 1.80 bits per heavy atom. The standard InChI is InChI=1S/C15H14F2N2O/c1-10(11-6-8-12(16)9-7-11)19(2)15(20)13-4-3-5-14(17)18-13/h3-10H,1-2H3. The number of halogens is 2. The summed E-state index contributed by atoms with van der Waals surface area (Å²) in [6.45, 7) is 1.81. The molecular formula is C15H14F2N2O. The molecule has 0 saturated heterocycles. The fourth-order valence-corrected chi connectivity index (χ4v) is 1.85. The van der Waals surface area contributed by atoms with Gasteiger partial charge >= 0.3 is 0 Å². The van der Waals surface area contributed by atoms with Crippen LogP contribution < -0.4 is 0 Å². The Kier molecular flexibility index (Phi) is 4.08. The highest BCUT2D eigenvalue weighted by atomic mass is 19.1. The van der Waals surface area contributed by atoms with Crippen molar-refractivity contribution in [2.75, 3.05) is 7.05 Å². The maximum absolute atomic E-state index is 13.0. The van der Waals surface area contributed by atoms with Crippen molar-refractivity contribution < 1.29 is 13.6 Å². The number of hydrogen-bond donors (Lipinski definition) is 0. The van der Waals surface area contributed by atoms with Gasteiger partial charge in [0.05, 0.1) is 6.04 Å². The Bertz CT molecular complexity index is 614. The fraction of sp³-hybridized carbons (Fsp3) is 0.200. The molecule has 0 saturated carbocycles. The topological polar surface area (TPSA) is 33.2 Å². The monoisotopic (exact) mass is 276 g/mol. The van der Waals surface area contributed by atoms with Crippen LogP contribution in [0.25, 0.3) is 0 Å². The quantitative estimate of drug-likeness (QED) is 0.807. The maximum atomic E-state index is 13.0. The first kappa shape index (κ1) is 14.1. The van der Waals surface area contributed by atoms with E-state index in [4.69, 9.17) is 0 Å². The summed E-state index contributed by atoms with van der Waals surface area (Å²) >= 11 is 0. The van der Waals surface area contributed by atoms with Crippen LogP contribution in [-0.4, -0.2) is 22.8 Å². The molecule has 104 valence electrons. The summed E-state index contributed by atoms with van der Waals surface area (Å²) in [6, 6.07) is 9.71. The van der Waals surface area contributed by atoms with E-state index >= 15 is 0 Å². The molecule has 20 heavy (non-hydrogen) atoms. The van der Waals surface area contributed by atoms with E-state index in [2.05, 4.69) is 4.98 Å². The number of aromatic nitrogens is 1. The van der Waals surface area contributed by atoms with E-state index < -0.39 is 5.95 Å². The molecule has 2 aromatic rings. The Labute approximate surface area is 115 Å². The number of benzene rings is 1. The molecule has 1 amide bonds. The molecule has 2 rings (SSSR count). The molecule has 1 unspecified atom stereocenters. The molecular weight excluding hydrogens is 262 g/mol. The van der Waals surface area contributed by atoms with E-state index in [1.54, 1.807) is 19.2 Å². The molecule has 3 nitrogen and oxygen atoms in total. The summed E-state index contributed by atoms with van der Waals surface area (Å²) in [5.74, 6) is -1.42. The predicted octanol–water partition coefficient (Wildman–Crippen LogP) is 3.19. The maximum Gasteiger partial charge on any atom is 0.272 e. The molecule has 1 heterocycles. The molecule has 0 aliphatic rings. The van der Waals surface area contributed by atoms with E-state index in [0.29, 0.717) is 0 Å². The zero-order valence-corrected chi connectivity index (χ0v) is 11.2. The molecule has 1 aromatic carbocycles. The Hall–Kier alpha value is -2.30. The minimum absolute atomic E-state index is 0.0430. The number of nitrogens with zero attached hydrogens (tertiary/aromatic N) is 2. The van der Waals surface area contributed by atoms with Crippen LogP contribution in [-0.2, 0) is 0 Å². The molecule has 1 atom stereocenters. The Morgan fingerprint density at radius 1 is 1.15 bits per heavy atom. The van der Waals surface area contributed by atoms with Gasteiger partial charge in [-0.2, -0.15) is 4.39 Å². The Balaban J connectivity index is 2.20. The zero-order valence-electron chi connectivity index (χ0n) is 11.2. The summed E-state index contributed by atoms with van der Waals surface area (Å²) < 4.78 is 25.9. The first-order valence-electron chi connectivity index (χ1n) is 6.14. The van der Waals surface area contributed by atoms with Gasteiger partial charge in [-0.05, 0) is 36.8 Å². The second-order valence-corrected chi connectivity index (χ2v) is 4.49. The van der Waals surface area contributed by atoms with Crippen molar-refractivity contribution in [3.05, 3.63) is 65.5 Å². The largest absolute Gasteiger partial charge is 0.334 e. The summed E-state index contributed by atoms with van der Waals surface area (Å²) in [5.41, 5.74) is 0.833. The van der Waals surface area contributed by atoms with Crippen LogP contribution in [0.4, 0.5) is 8.78 Å². The third-order valence-corrected chi connectivity index (χ3v) is 3.19. The zero-order chi connectivity index (χ0) is 14.7. The lowest BCUT2D eigenvalue weighted by Gasteiger charge is -2.25. The first-order valence-corrected chi connectivity index (χ1v) is 6.14. The van der Waals surface area contributed by atoms with E-state index in [1.807, 2.05) is 6.92 Å². The van der Waals surface area contributed by atoms with Gasteiger partial charge in [-0.1, -0.05) is 18.2 Å². The van der Waals surface area contributed by atoms with Gasteiger partial charge in [-0.25, -0.2) is 9.37 Å². The van der Waals surface area contributed by atoms with Crippen LogP contribution in [0.1, 0.15) is 29.0 Å². The molecule has 0 fully saturated rings. The number of rotatable bonds is 3. The predicted molar refractivity (Wildman–Crippen MR) is 71.1 cm³/mol. The van der Waals surface area contributed by atoms with Crippen molar-refractivity contribution >= 4 is 5.91 Å². The van der Waals surface area contributed by atoms with Gasteiger partial charge in [-0.3, -0.25) is 4.79 Å². The summed E-state index contributed by atoms with van der Waals surface area (Å²) in [5, 5.41) is 0. The van der Waals surface area contributed by atoms with Gasteiger partial charge in [0.25, 0.3) is 5.91 Å². The molecule has 0 N–H and O–H groups in total. The van der Waals surface area contributed by atoms with Crippen LogP contribution in [0.5, 0.6) is 0 Å². The molecule has 0 aliphatic heterocycles. The third-order valence-electron chi connectivity index (χ3n) is 3.19. The van der Waals surface area contributed by atoms with E-state index in [0.717, 1.165) is 5.56 Å². The Morgan fingerprint density at radius 3 is 2.40 bits per heavy atom. The van der Waals surface area contributed by atoms with E-state index in [-0.39, 0.29) is 23.5 Å². The van der Waals surface area contributed by atoms with Gasteiger partial charge in [-0.15, -0.1) is 0 Å². The minimum atomic E-state index is -0.696. The van der Waals surface area contributed by atoms with Crippen molar-refractivity contribution in [1.82, 2.24) is 9.88 Å². The normalized spacial score (nSPS) is 12.0. The molecule has 0 spiro atoms. The molecule has 1 aromatic heterocycles. The van der Waals surface area contributed by atoms with E-state index in [9.17, 15) is 13.6 Å². The molecule has 0 radical (unpaired) electrons. The highest BCUT2D eigenvalue weighted by Crippen LogP contribution is 2.20. The number of carbonyl (C=O) groups excluding carboxylic acids is 1. The van der Waals surface area contributed by atoms with Crippen molar-refractivity contribution in [3.8, 4) is 0 Å². The van der Waals surface area contributed by atoms with Gasteiger partial charge in [0, 0.05) is 7.05 Å². The average Bonchev–Trinajstić information content (AvgIpc) is 2.46. The lowest BCUT2D eigenvalue weighted by atomic mass is 10.1. The van der Waals surface area contributed by atoms with Crippen LogP contribution in [0.15, 0.2) is 42.5 Å². The highest BCUT2D eigenvalue weighted by Gasteiger charge is 2.20. The second kappa shape index (κ2) is 5.77. The first-order chi connectivity index (χ1) is 9.49. The van der Waals surface area contributed by atoms with Gasteiger partial charge in [0.1, 0.15) is 11.5 Å².